The molecule has 10 nitrogen and oxygen atoms in total. The van der Waals surface area contributed by atoms with Gasteiger partial charge in [0.25, 0.3) is 0 Å². The van der Waals surface area contributed by atoms with E-state index in [1.54, 1.807) is 43.6 Å². The quantitative estimate of drug-likeness (QED) is 0.127. The van der Waals surface area contributed by atoms with Crippen LogP contribution in [0.4, 0.5) is 52.5 Å². The second-order valence-corrected chi connectivity index (χ2v) is 9.55. The molecule has 1 aromatic heterocycles. The number of urea groups is 1. The number of aryl methyl sites for hydroxylation is 1. The number of aromatic nitrogens is 2. The number of benzene rings is 3. The Bertz CT molecular complexity index is 1580. The Kier molecular flexibility index (Phi) is 10.2. The number of carbonyl (C=O) groups excluding carboxylic acids is 1. The largest absolute Gasteiger partial charge is 0.573 e. The summed E-state index contributed by atoms with van der Waals surface area (Å²) in [5.74, 6) is 0.665. The van der Waals surface area contributed by atoms with E-state index in [2.05, 4.69) is 42.6 Å². The number of methoxy groups -OCH3 is 1. The summed E-state index contributed by atoms with van der Waals surface area (Å²) < 4.78 is 45.9. The molecule has 0 saturated heterocycles. The fraction of sp³-hybridized carbons (Fsp3) is 0.194. The zero-order valence-electron chi connectivity index (χ0n) is 24.3. The Hall–Kier alpha value is -5.30. The maximum Gasteiger partial charge on any atom is 0.573 e. The number of halogens is 3. The number of nitrogens with one attached hydrogen (secondary N) is 4. The van der Waals surface area contributed by atoms with Crippen molar-refractivity contribution in [3.05, 3.63) is 96.7 Å². The lowest BCUT2D eigenvalue weighted by atomic mass is 10.0. The highest BCUT2D eigenvalue weighted by molar-refractivity contribution is 5.99. The average molecular weight is 608 g/mol. The molecule has 4 N–H and O–H groups in total. The molecule has 3 aromatic carbocycles. The molecule has 0 radical (unpaired) electrons. The predicted octanol–water partition coefficient (Wildman–Crippen LogP) is 7.05. The minimum absolute atomic E-state index is 0.297. The summed E-state index contributed by atoms with van der Waals surface area (Å²) in [5, 5.41) is 11.7. The first kappa shape index (κ1) is 31.6. The number of amides is 2. The van der Waals surface area contributed by atoms with Gasteiger partial charge in [-0.05, 0) is 79.2 Å². The van der Waals surface area contributed by atoms with Crippen LogP contribution in [0.3, 0.4) is 0 Å². The van der Waals surface area contributed by atoms with Gasteiger partial charge >= 0.3 is 12.4 Å². The Morgan fingerprint density at radius 2 is 1.59 bits per heavy atom. The van der Waals surface area contributed by atoms with Crippen molar-refractivity contribution in [1.82, 2.24) is 15.3 Å². The van der Waals surface area contributed by atoms with Crippen molar-refractivity contribution in [2.24, 2.45) is 0 Å². The van der Waals surface area contributed by atoms with E-state index in [1.165, 1.54) is 12.1 Å². The summed E-state index contributed by atoms with van der Waals surface area (Å²) in [6.45, 7) is 7.40. The molecule has 0 bridgehead atoms. The monoisotopic (exact) mass is 607 g/mol. The van der Waals surface area contributed by atoms with Crippen molar-refractivity contribution in [2.75, 3.05) is 48.2 Å². The summed E-state index contributed by atoms with van der Waals surface area (Å²) in [7, 11) is 3.53. The van der Waals surface area contributed by atoms with E-state index < -0.39 is 12.4 Å². The SMILES string of the molecule is C=C(NCCOC)c1cc(N(C)c2nccc(Nc3ccc(NC(=O)Nc4ccc(OC(F)(F)F)cc4)cc3)n2)ccc1C. The molecule has 4 aromatic rings. The van der Waals surface area contributed by atoms with Gasteiger partial charge in [-0.15, -0.1) is 13.2 Å². The van der Waals surface area contributed by atoms with Gasteiger partial charge in [0.2, 0.25) is 5.95 Å². The van der Waals surface area contributed by atoms with E-state index in [4.69, 9.17) is 4.74 Å². The van der Waals surface area contributed by atoms with Gasteiger partial charge in [0.1, 0.15) is 11.6 Å². The Morgan fingerprint density at radius 1 is 0.955 bits per heavy atom. The van der Waals surface area contributed by atoms with Gasteiger partial charge in [0, 0.05) is 60.9 Å². The van der Waals surface area contributed by atoms with Gasteiger partial charge in [-0.25, -0.2) is 9.78 Å². The van der Waals surface area contributed by atoms with Crippen molar-refractivity contribution in [2.45, 2.75) is 13.3 Å². The lowest BCUT2D eigenvalue weighted by Gasteiger charge is -2.20. The predicted molar refractivity (Wildman–Crippen MR) is 166 cm³/mol. The first-order chi connectivity index (χ1) is 21.0. The van der Waals surface area contributed by atoms with E-state index in [-0.39, 0.29) is 5.75 Å². The van der Waals surface area contributed by atoms with Gasteiger partial charge in [0.05, 0.1) is 6.61 Å². The molecule has 0 unspecified atom stereocenters. The van der Waals surface area contributed by atoms with Crippen molar-refractivity contribution >= 4 is 46.2 Å². The van der Waals surface area contributed by atoms with Gasteiger partial charge < -0.3 is 35.6 Å². The molecule has 230 valence electrons. The van der Waals surface area contributed by atoms with Crippen LogP contribution in [0.1, 0.15) is 11.1 Å². The maximum atomic E-state index is 12.3. The third-order valence-electron chi connectivity index (χ3n) is 6.28. The summed E-state index contributed by atoms with van der Waals surface area (Å²) in [6.07, 6.45) is -3.13. The maximum absolute atomic E-state index is 12.3. The van der Waals surface area contributed by atoms with Crippen LogP contribution in [-0.4, -0.2) is 49.7 Å². The number of nitrogens with zero attached hydrogens (tertiary/aromatic N) is 3. The Balaban J connectivity index is 1.35. The highest BCUT2D eigenvalue weighted by atomic mass is 19.4. The van der Waals surface area contributed by atoms with E-state index in [0.29, 0.717) is 36.3 Å². The third-order valence-corrected chi connectivity index (χ3v) is 6.28. The van der Waals surface area contributed by atoms with Gasteiger partial charge in [-0.1, -0.05) is 12.6 Å². The number of alkyl halides is 3. The van der Waals surface area contributed by atoms with Crippen LogP contribution in [-0.2, 0) is 4.74 Å². The molecule has 0 saturated carbocycles. The lowest BCUT2D eigenvalue weighted by molar-refractivity contribution is -0.274. The molecule has 0 spiro atoms. The van der Waals surface area contributed by atoms with E-state index >= 15 is 0 Å². The Morgan fingerprint density at radius 3 is 2.23 bits per heavy atom. The molecular weight excluding hydrogens is 575 g/mol. The van der Waals surface area contributed by atoms with Crippen molar-refractivity contribution < 1.29 is 27.4 Å². The summed E-state index contributed by atoms with van der Waals surface area (Å²) in [6, 6.07) is 18.9. The second kappa shape index (κ2) is 14.2. The minimum Gasteiger partial charge on any atom is -0.406 e. The van der Waals surface area contributed by atoms with Crippen LogP contribution in [0.5, 0.6) is 5.75 Å². The van der Waals surface area contributed by atoms with Gasteiger partial charge in [-0.3, -0.25) is 0 Å². The van der Waals surface area contributed by atoms with E-state index in [9.17, 15) is 18.0 Å². The molecule has 0 aliphatic carbocycles. The number of hydrogen-bond acceptors (Lipinski definition) is 8. The van der Waals surface area contributed by atoms with Gasteiger partial charge in [-0.2, -0.15) is 4.98 Å². The molecule has 0 aliphatic rings. The number of anilines is 6. The molecule has 0 aliphatic heterocycles. The summed E-state index contributed by atoms with van der Waals surface area (Å²) in [5.41, 5.74) is 5.27. The first-order valence-corrected chi connectivity index (χ1v) is 13.4. The normalized spacial score (nSPS) is 11.0. The minimum atomic E-state index is -4.79. The van der Waals surface area contributed by atoms with Crippen LogP contribution >= 0.6 is 0 Å². The molecular formula is C31H32F3N7O3. The van der Waals surface area contributed by atoms with Crippen molar-refractivity contribution in [3.63, 3.8) is 0 Å². The number of carbonyl (C=O) groups is 1. The number of rotatable bonds is 12. The zero-order chi connectivity index (χ0) is 31.7. The van der Waals surface area contributed by atoms with Crippen LogP contribution < -0.4 is 30.9 Å². The average Bonchev–Trinajstić information content (AvgIpc) is 2.98. The number of ether oxygens (including phenoxy) is 2. The number of hydrogen-bond donors (Lipinski definition) is 4. The van der Waals surface area contributed by atoms with E-state index in [1.807, 2.05) is 37.1 Å². The molecule has 2 amide bonds. The topological polar surface area (TPSA) is 113 Å². The molecule has 13 heteroatoms. The third kappa shape index (κ3) is 9.10. The van der Waals surface area contributed by atoms with E-state index in [0.717, 1.165) is 40.3 Å². The zero-order valence-corrected chi connectivity index (χ0v) is 24.3. The standard InChI is InChI=1S/C31H32F3N7O3/c1-20-5-12-25(19-27(20)21(2)35-17-18-43-4)41(3)29-36-16-15-28(40-29)37-22-6-8-23(9-7-22)38-30(42)39-24-10-13-26(14-11-24)44-31(32,33)34/h5-16,19,35H,2,17-18H2,1,3-4H3,(H,36,37,40)(H2,38,39,42). The molecule has 4 rings (SSSR count). The van der Waals surface area contributed by atoms with Crippen molar-refractivity contribution in [1.29, 1.82) is 0 Å². The van der Waals surface area contributed by atoms with Crippen LogP contribution in [0.15, 0.2) is 85.6 Å². The van der Waals surface area contributed by atoms with Crippen LogP contribution in [0, 0.1) is 6.92 Å². The molecule has 44 heavy (non-hydrogen) atoms. The van der Waals surface area contributed by atoms with Crippen LogP contribution in [0.25, 0.3) is 5.70 Å². The Labute approximate surface area is 252 Å². The highest BCUT2D eigenvalue weighted by Crippen LogP contribution is 2.28. The molecule has 1 heterocycles. The fourth-order valence-corrected chi connectivity index (χ4v) is 4.06. The lowest BCUT2D eigenvalue weighted by Crippen LogP contribution is -2.19. The summed E-state index contributed by atoms with van der Waals surface area (Å²) >= 11 is 0. The van der Waals surface area contributed by atoms with Crippen LogP contribution in [0.2, 0.25) is 0 Å². The smallest absolute Gasteiger partial charge is 0.406 e. The van der Waals surface area contributed by atoms with Gasteiger partial charge in [0.15, 0.2) is 0 Å². The summed E-state index contributed by atoms with van der Waals surface area (Å²) in [4.78, 5) is 23.3. The highest BCUT2D eigenvalue weighted by Gasteiger charge is 2.31. The van der Waals surface area contributed by atoms with Crippen molar-refractivity contribution in [3.8, 4) is 5.75 Å². The molecule has 0 atom stereocenters. The first-order valence-electron chi connectivity index (χ1n) is 13.4. The second-order valence-electron chi connectivity index (χ2n) is 9.55. The molecule has 0 fully saturated rings. The fourth-order valence-electron chi connectivity index (χ4n) is 4.06.